The lowest BCUT2D eigenvalue weighted by atomic mass is 10.2. The van der Waals surface area contributed by atoms with Gasteiger partial charge in [0.1, 0.15) is 0 Å². The molecule has 0 aromatic heterocycles. The Morgan fingerprint density at radius 3 is 2.31 bits per heavy atom. The lowest BCUT2D eigenvalue weighted by molar-refractivity contribution is -0.137. The summed E-state index contributed by atoms with van der Waals surface area (Å²) >= 11 is 0. The summed E-state index contributed by atoms with van der Waals surface area (Å²) in [6.07, 6.45) is 2.19. The Balaban J connectivity index is 3.20. The van der Waals surface area contributed by atoms with Crippen LogP contribution in [0.4, 0.5) is 4.79 Å². The van der Waals surface area contributed by atoms with Crippen LogP contribution in [0, 0.1) is 0 Å². The van der Waals surface area contributed by atoms with Crippen LogP contribution >= 0.6 is 0 Å². The van der Waals surface area contributed by atoms with E-state index in [0.29, 0.717) is 32.5 Å². The molecule has 0 spiro atoms. The van der Waals surface area contributed by atoms with Crippen molar-refractivity contribution in [3.05, 3.63) is 0 Å². The fourth-order valence-electron chi connectivity index (χ4n) is 1.08. The van der Waals surface area contributed by atoms with Gasteiger partial charge in [-0.3, -0.25) is 4.79 Å². The summed E-state index contributed by atoms with van der Waals surface area (Å²) in [5, 5.41) is 13.7. The number of carbonyl (C=O) groups excluding carboxylic acids is 1. The van der Waals surface area contributed by atoms with Crippen LogP contribution in [0.5, 0.6) is 0 Å². The van der Waals surface area contributed by atoms with Crippen molar-refractivity contribution in [2.45, 2.75) is 25.7 Å². The van der Waals surface area contributed by atoms with Gasteiger partial charge in [-0.2, -0.15) is 0 Å². The number of aliphatic carboxylic acids is 1. The highest BCUT2D eigenvalue weighted by Crippen LogP contribution is 1.93. The summed E-state index contributed by atoms with van der Waals surface area (Å²) in [5.41, 5.74) is 0. The van der Waals surface area contributed by atoms with Crippen LogP contribution in [0.1, 0.15) is 25.7 Å². The number of carbonyl (C=O) groups is 2. The van der Waals surface area contributed by atoms with Crippen molar-refractivity contribution >= 4 is 12.0 Å². The standard InChI is InChI=1S/C10H20N2O4/c1-16-8-4-7-12-10(15)11-6-3-2-5-9(13)14/h2-8H2,1H3,(H,13,14)(H2,11,12,15). The molecule has 94 valence electrons. The van der Waals surface area contributed by atoms with E-state index in [1.807, 2.05) is 0 Å². The molecule has 6 heteroatoms. The highest BCUT2D eigenvalue weighted by Gasteiger charge is 1.99. The highest BCUT2D eigenvalue weighted by atomic mass is 16.5. The van der Waals surface area contributed by atoms with Gasteiger partial charge < -0.3 is 20.5 Å². The highest BCUT2D eigenvalue weighted by molar-refractivity contribution is 5.73. The van der Waals surface area contributed by atoms with Gasteiger partial charge in [0.15, 0.2) is 0 Å². The molecule has 2 amide bonds. The predicted molar refractivity (Wildman–Crippen MR) is 59.4 cm³/mol. The van der Waals surface area contributed by atoms with E-state index < -0.39 is 5.97 Å². The first-order chi connectivity index (χ1) is 7.66. The molecule has 0 aromatic carbocycles. The largest absolute Gasteiger partial charge is 0.481 e. The van der Waals surface area contributed by atoms with E-state index in [-0.39, 0.29) is 12.5 Å². The monoisotopic (exact) mass is 232 g/mol. The van der Waals surface area contributed by atoms with E-state index in [0.717, 1.165) is 6.42 Å². The predicted octanol–water partition coefficient (Wildman–Crippen LogP) is 0.577. The second kappa shape index (κ2) is 10.2. The number of hydrogen-bond donors (Lipinski definition) is 3. The lowest BCUT2D eigenvalue weighted by Crippen LogP contribution is -2.36. The van der Waals surface area contributed by atoms with E-state index in [9.17, 15) is 9.59 Å². The Hall–Kier alpha value is -1.30. The van der Waals surface area contributed by atoms with Crippen molar-refractivity contribution in [2.24, 2.45) is 0 Å². The van der Waals surface area contributed by atoms with E-state index in [2.05, 4.69) is 10.6 Å². The molecular formula is C10H20N2O4. The van der Waals surface area contributed by atoms with Crippen molar-refractivity contribution in [1.29, 1.82) is 0 Å². The fourth-order valence-corrected chi connectivity index (χ4v) is 1.08. The van der Waals surface area contributed by atoms with Crippen molar-refractivity contribution in [2.75, 3.05) is 26.8 Å². The van der Waals surface area contributed by atoms with Gasteiger partial charge in [-0.1, -0.05) is 0 Å². The Morgan fingerprint density at radius 1 is 1.12 bits per heavy atom. The third kappa shape index (κ3) is 10.8. The number of carboxylic acid groups (broad SMARTS) is 1. The van der Waals surface area contributed by atoms with E-state index in [4.69, 9.17) is 9.84 Å². The maximum absolute atomic E-state index is 11.1. The molecule has 16 heavy (non-hydrogen) atoms. The summed E-state index contributed by atoms with van der Waals surface area (Å²) in [7, 11) is 1.61. The SMILES string of the molecule is COCCCNC(=O)NCCCCC(=O)O. The molecule has 0 saturated carbocycles. The van der Waals surface area contributed by atoms with Crippen molar-refractivity contribution in [3.8, 4) is 0 Å². The Morgan fingerprint density at radius 2 is 1.75 bits per heavy atom. The first kappa shape index (κ1) is 14.7. The number of methoxy groups -OCH3 is 1. The average Bonchev–Trinajstić information content (AvgIpc) is 2.23. The molecule has 0 radical (unpaired) electrons. The van der Waals surface area contributed by atoms with Gasteiger partial charge in [0.05, 0.1) is 0 Å². The molecule has 0 aromatic rings. The Kier molecular flexibility index (Phi) is 9.39. The minimum atomic E-state index is -0.802. The van der Waals surface area contributed by atoms with Crippen LogP contribution in [0.3, 0.4) is 0 Å². The molecule has 0 rings (SSSR count). The number of nitrogens with one attached hydrogen (secondary N) is 2. The van der Waals surface area contributed by atoms with Crippen molar-refractivity contribution in [3.63, 3.8) is 0 Å². The number of unbranched alkanes of at least 4 members (excludes halogenated alkanes) is 1. The summed E-state index contributed by atoms with van der Waals surface area (Å²) in [5.74, 6) is -0.802. The van der Waals surface area contributed by atoms with E-state index in [1.165, 1.54) is 0 Å². The fraction of sp³-hybridized carbons (Fsp3) is 0.800. The van der Waals surface area contributed by atoms with Crippen molar-refractivity contribution in [1.82, 2.24) is 10.6 Å². The zero-order chi connectivity index (χ0) is 12.2. The van der Waals surface area contributed by atoms with Crippen LogP contribution in [0.25, 0.3) is 0 Å². The summed E-state index contributed by atoms with van der Waals surface area (Å²) in [6.45, 7) is 1.71. The normalized spacial score (nSPS) is 9.81. The summed E-state index contributed by atoms with van der Waals surface area (Å²) in [6, 6.07) is -0.216. The third-order valence-electron chi connectivity index (χ3n) is 1.91. The summed E-state index contributed by atoms with van der Waals surface area (Å²) in [4.78, 5) is 21.3. The van der Waals surface area contributed by atoms with Gasteiger partial charge in [-0.15, -0.1) is 0 Å². The zero-order valence-electron chi connectivity index (χ0n) is 9.62. The maximum Gasteiger partial charge on any atom is 0.314 e. The minimum Gasteiger partial charge on any atom is -0.481 e. The molecule has 3 N–H and O–H groups in total. The molecular weight excluding hydrogens is 212 g/mol. The molecule has 0 unspecified atom stereocenters. The second-order valence-electron chi connectivity index (χ2n) is 3.38. The second-order valence-corrected chi connectivity index (χ2v) is 3.38. The number of urea groups is 1. The number of carboxylic acids is 1. The number of hydrogen-bond acceptors (Lipinski definition) is 3. The maximum atomic E-state index is 11.1. The third-order valence-corrected chi connectivity index (χ3v) is 1.91. The van der Waals surface area contributed by atoms with Crippen molar-refractivity contribution < 1.29 is 19.4 Å². The Bertz CT molecular complexity index is 209. The first-order valence-corrected chi connectivity index (χ1v) is 5.39. The van der Waals surface area contributed by atoms with Crippen LogP contribution in [0.15, 0.2) is 0 Å². The van der Waals surface area contributed by atoms with Gasteiger partial charge in [0, 0.05) is 33.2 Å². The van der Waals surface area contributed by atoms with E-state index >= 15 is 0 Å². The molecule has 0 atom stereocenters. The van der Waals surface area contributed by atoms with E-state index in [1.54, 1.807) is 7.11 Å². The van der Waals surface area contributed by atoms with Crippen LogP contribution in [-0.4, -0.2) is 43.9 Å². The number of amides is 2. The van der Waals surface area contributed by atoms with Gasteiger partial charge in [-0.25, -0.2) is 4.79 Å². The van der Waals surface area contributed by atoms with Gasteiger partial charge in [-0.05, 0) is 19.3 Å². The smallest absolute Gasteiger partial charge is 0.314 e. The van der Waals surface area contributed by atoms with Crippen LogP contribution < -0.4 is 10.6 Å². The van der Waals surface area contributed by atoms with Crippen LogP contribution in [0.2, 0.25) is 0 Å². The average molecular weight is 232 g/mol. The zero-order valence-corrected chi connectivity index (χ0v) is 9.62. The van der Waals surface area contributed by atoms with Crippen LogP contribution in [-0.2, 0) is 9.53 Å². The molecule has 0 saturated heterocycles. The molecule has 0 bridgehead atoms. The Labute approximate surface area is 95.4 Å². The topological polar surface area (TPSA) is 87.7 Å². The molecule has 0 aliphatic heterocycles. The molecule has 0 aliphatic rings. The quantitative estimate of drug-likeness (QED) is 0.507. The van der Waals surface area contributed by atoms with Gasteiger partial charge in [0.2, 0.25) is 0 Å². The number of rotatable bonds is 9. The number of ether oxygens (including phenoxy) is 1. The van der Waals surface area contributed by atoms with Gasteiger partial charge >= 0.3 is 12.0 Å². The molecule has 6 nitrogen and oxygen atoms in total. The summed E-state index contributed by atoms with van der Waals surface area (Å²) < 4.78 is 4.83. The molecule has 0 fully saturated rings. The lowest BCUT2D eigenvalue weighted by Gasteiger charge is -2.06. The first-order valence-electron chi connectivity index (χ1n) is 5.39. The molecule has 0 heterocycles. The minimum absolute atomic E-state index is 0.150. The van der Waals surface area contributed by atoms with Gasteiger partial charge in [0.25, 0.3) is 0 Å². The molecule has 0 aliphatic carbocycles.